The zero-order valence-corrected chi connectivity index (χ0v) is 17.0. The number of carbonyl (C=O) groups is 1. The molecule has 2 amide bonds. The lowest BCUT2D eigenvalue weighted by molar-refractivity contribution is 0.165. The van der Waals surface area contributed by atoms with Crippen molar-refractivity contribution in [3.63, 3.8) is 0 Å². The molecular weight excluding hydrogens is 361 g/mol. The third-order valence-corrected chi connectivity index (χ3v) is 4.36. The van der Waals surface area contributed by atoms with Gasteiger partial charge in [0.05, 0.1) is 6.54 Å². The molecule has 0 atom stereocenters. The number of hydrogen-bond donors (Lipinski definition) is 1. The van der Waals surface area contributed by atoms with Crippen molar-refractivity contribution >= 4 is 29.2 Å². The second kappa shape index (κ2) is 11.4. The lowest BCUT2D eigenvalue weighted by Gasteiger charge is -2.27. The van der Waals surface area contributed by atoms with Crippen molar-refractivity contribution in [1.29, 1.82) is 0 Å². The molecule has 0 heterocycles. The Kier molecular flexibility index (Phi) is 10.0. The van der Waals surface area contributed by atoms with E-state index in [9.17, 15) is 4.79 Å². The van der Waals surface area contributed by atoms with E-state index in [0.717, 1.165) is 19.6 Å². The minimum atomic E-state index is -0.0742. The summed E-state index contributed by atoms with van der Waals surface area (Å²) in [6.45, 7) is 12.5. The molecule has 1 aromatic rings. The number of amides is 2. The largest absolute Gasteiger partial charge is 0.492 e. The highest BCUT2D eigenvalue weighted by atomic mass is 35.5. The Morgan fingerprint density at radius 1 is 1.12 bits per heavy atom. The second-order valence-electron chi connectivity index (χ2n) is 6.00. The van der Waals surface area contributed by atoms with E-state index in [-0.39, 0.29) is 12.1 Å². The topological polar surface area (TPSA) is 44.8 Å². The van der Waals surface area contributed by atoms with Gasteiger partial charge in [-0.1, -0.05) is 37.0 Å². The monoisotopic (exact) mass is 389 g/mol. The molecule has 0 bridgehead atoms. The van der Waals surface area contributed by atoms with Crippen LogP contribution in [0.15, 0.2) is 18.2 Å². The van der Waals surface area contributed by atoms with Gasteiger partial charge in [0.2, 0.25) is 0 Å². The normalized spacial score (nSPS) is 11.0. The quantitative estimate of drug-likeness (QED) is 0.653. The van der Waals surface area contributed by atoms with Crippen LogP contribution in [-0.2, 0) is 0 Å². The number of likely N-dealkylation sites (N-methyl/N-ethyl adjacent to an activating group) is 1. The molecule has 0 aromatic heterocycles. The molecule has 0 spiro atoms. The number of ether oxygens (including phenoxy) is 1. The number of halogens is 2. The number of urea groups is 1. The van der Waals surface area contributed by atoms with Gasteiger partial charge in [-0.3, -0.25) is 0 Å². The van der Waals surface area contributed by atoms with Crippen LogP contribution < -0.4 is 10.1 Å². The molecule has 0 aliphatic heterocycles. The van der Waals surface area contributed by atoms with Crippen molar-refractivity contribution in [2.24, 2.45) is 0 Å². The summed E-state index contributed by atoms with van der Waals surface area (Å²) in [4.78, 5) is 16.4. The van der Waals surface area contributed by atoms with E-state index in [1.165, 1.54) is 0 Å². The maximum Gasteiger partial charge on any atom is 0.317 e. The molecule has 0 saturated carbocycles. The average Bonchev–Trinajstić information content (AvgIpc) is 2.54. The summed E-state index contributed by atoms with van der Waals surface area (Å²) >= 11 is 11.9. The van der Waals surface area contributed by atoms with Crippen LogP contribution in [-0.4, -0.2) is 61.2 Å². The Morgan fingerprint density at radius 2 is 1.72 bits per heavy atom. The molecule has 5 nitrogen and oxygen atoms in total. The number of benzene rings is 1. The minimum Gasteiger partial charge on any atom is -0.492 e. The Balaban J connectivity index is 2.46. The summed E-state index contributed by atoms with van der Waals surface area (Å²) in [5.74, 6) is 0.600. The molecular formula is C18H29Cl2N3O2. The van der Waals surface area contributed by atoms with E-state index in [4.69, 9.17) is 27.9 Å². The summed E-state index contributed by atoms with van der Waals surface area (Å²) < 4.78 is 5.68. The third-order valence-electron chi connectivity index (χ3n) is 3.92. The number of hydrogen-bond acceptors (Lipinski definition) is 3. The van der Waals surface area contributed by atoms with Crippen LogP contribution in [0.5, 0.6) is 5.75 Å². The first kappa shape index (κ1) is 21.9. The Hall–Kier alpha value is -1.17. The van der Waals surface area contributed by atoms with Crippen LogP contribution in [0.3, 0.4) is 0 Å². The first-order valence-corrected chi connectivity index (χ1v) is 9.48. The van der Waals surface area contributed by atoms with Crippen LogP contribution in [0, 0.1) is 0 Å². The van der Waals surface area contributed by atoms with Gasteiger partial charge in [-0.15, -0.1) is 0 Å². The third kappa shape index (κ3) is 8.17. The minimum absolute atomic E-state index is 0.0742. The zero-order chi connectivity index (χ0) is 18.8. The average molecular weight is 390 g/mol. The van der Waals surface area contributed by atoms with Crippen LogP contribution in [0.2, 0.25) is 10.0 Å². The van der Waals surface area contributed by atoms with E-state index in [1.807, 2.05) is 13.8 Å². The molecule has 1 aromatic carbocycles. The first-order valence-electron chi connectivity index (χ1n) is 8.73. The molecule has 1 rings (SSSR count). The molecule has 142 valence electrons. The summed E-state index contributed by atoms with van der Waals surface area (Å²) in [5.41, 5.74) is 0. The van der Waals surface area contributed by atoms with Crippen molar-refractivity contribution in [1.82, 2.24) is 15.1 Å². The molecule has 0 radical (unpaired) electrons. The van der Waals surface area contributed by atoms with Crippen LogP contribution in [0.25, 0.3) is 0 Å². The van der Waals surface area contributed by atoms with Crippen LogP contribution in [0.1, 0.15) is 27.7 Å². The van der Waals surface area contributed by atoms with Gasteiger partial charge in [0.1, 0.15) is 12.4 Å². The fourth-order valence-electron chi connectivity index (χ4n) is 2.43. The van der Waals surface area contributed by atoms with Crippen molar-refractivity contribution in [2.45, 2.75) is 33.7 Å². The van der Waals surface area contributed by atoms with E-state index >= 15 is 0 Å². The summed E-state index contributed by atoms with van der Waals surface area (Å²) in [7, 11) is 0. The molecule has 1 N–H and O–H groups in total. The van der Waals surface area contributed by atoms with Crippen molar-refractivity contribution in [2.75, 3.05) is 39.3 Å². The maximum absolute atomic E-state index is 12.4. The number of nitrogens with zero attached hydrogens (tertiary/aromatic N) is 2. The fraction of sp³-hybridized carbons (Fsp3) is 0.611. The highest BCUT2D eigenvalue weighted by molar-refractivity contribution is 6.34. The van der Waals surface area contributed by atoms with E-state index in [2.05, 4.69) is 24.1 Å². The Bertz CT molecular complexity index is 517. The highest BCUT2D eigenvalue weighted by Gasteiger charge is 2.16. The highest BCUT2D eigenvalue weighted by Crippen LogP contribution is 2.24. The van der Waals surface area contributed by atoms with E-state index in [1.54, 1.807) is 23.1 Å². The standard InChI is InChI=1S/C18H29Cl2N3O2/c1-5-22(6-2)8-7-21-18(24)23(14(3)4)9-10-25-17-12-15(19)11-16(20)13-17/h11-14H,5-10H2,1-4H3,(H,21,24). The molecule has 0 unspecified atom stereocenters. The fourth-order valence-corrected chi connectivity index (χ4v) is 2.94. The summed E-state index contributed by atoms with van der Waals surface area (Å²) in [6, 6.07) is 5.07. The lowest BCUT2D eigenvalue weighted by atomic mass is 10.3. The van der Waals surface area contributed by atoms with Gasteiger partial charge in [-0.25, -0.2) is 4.79 Å². The molecule has 0 fully saturated rings. The summed E-state index contributed by atoms with van der Waals surface area (Å²) in [5, 5.41) is 4.03. The molecule has 25 heavy (non-hydrogen) atoms. The molecule has 0 aliphatic carbocycles. The second-order valence-corrected chi connectivity index (χ2v) is 6.87. The van der Waals surface area contributed by atoms with Gasteiger partial charge in [-0.05, 0) is 45.1 Å². The molecule has 0 aliphatic rings. The van der Waals surface area contributed by atoms with Crippen LogP contribution >= 0.6 is 23.2 Å². The van der Waals surface area contributed by atoms with Gasteiger partial charge in [-0.2, -0.15) is 0 Å². The van der Waals surface area contributed by atoms with E-state index < -0.39 is 0 Å². The van der Waals surface area contributed by atoms with Gasteiger partial charge in [0.25, 0.3) is 0 Å². The maximum atomic E-state index is 12.4. The van der Waals surface area contributed by atoms with Crippen molar-refractivity contribution in [3.8, 4) is 5.75 Å². The van der Waals surface area contributed by atoms with Crippen molar-refractivity contribution in [3.05, 3.63) is 28.2 Å². The number of carbonyl (C=O) groups excluding carboxylic acids is 1. The van der Waals surface area contributed by atoms with Gasteiger partial charge in [0.15, 0.2) is 0 Å². The van der Waals surface area contributed by atoms with Gasteiger partial charge >= 0.3 is 6.03 Å². The van der Waals surface area contributed by atoms with Gasteiger partial charge < -0.3 is 19.9 Å². The first-order chi connectivity index (χ1) is 11.9. The predicted molar refractivity (Wildman–Crippen MR) is 105 cm³/mol. The Morgan fingerprint density at radius 3 is 2.24 bits per heavy atom. The predicted octanol–water partition coefficient (Wildman–Crippen LogP) is 4.13. The Labute approximate surface area is 161 Å². The zero-order valence-electron chi connectivity index (χ0n) is 15.5. The number of rotatable bonds is 10. The van der Waals surface area contributed by atoms with Crippen molar-refractivity contribution < 1.29 is 9.53 Å². The molecule has 7 heteroatoms. The SMILES string of the molecule is CCN(CC)CCNC(=O)N(CCOc1cc(Cl)cc(Cl)c1)C(C)C. The molecule has 0 saturated heterocycles. The van der Waals surface area contributed by atoms with E-state index in [0.29, 0.717) is 35.5 Å². The van der Waals surface area contributed by atoms with Gasteiger partial charge in [0, 0.05) is 29.2 Å². The summed E-state index contributed by atoms with van der Waals surface area (Å²) in [6.07, 6.45) is 0. The lowest BCUT2D eigenvalue weighted by Crippen LogP contribution is -2.47. The smallest absolute Gasteiger partial charge is 0.317 e. The van der Waals surface area contributed by atoms with Crippen LogP contribution in [0.4, 0.5) is 4.79 Å². The number of nitrogens with one attached hydrogen (secondary N) is 1.